The summed E-state index contributed by atoms with van der Waals surface area (Å²) < 4.78 is 36.8. The Kier molecular flexibility index (Phi) is 1.23. The monoisotopic (exact) mass is 135 g/mol. The Hall–Kier alpha value is -0.930. The summed E-state index contributed by atoms with van der Waals surface area (Å²) in [6.07, 6.45) is 0.741. The maximum Gasteiger partial charge on any atom is 0.232 e. The highest BCUT2D eigenvalue weighted by atomic mass is 19.2. The van der Waals surface area contributed by atoms with E-state index in [9.17, 15) is 13.2 Å². The Morgan fingerprint density at radius 3 is 2.00 bits per heavy atom. The van der Waals surface area contributed by atoms with Gasteiger partial charge in [0.05, 0.1) is 0 Å². The van der Waals surface area contributed by atoms with Crippen LogP contribution in [0.1, 0.15) is 0 Å². The van der Waals surface area contributed by atoms with Crippen molar-refractivity contribution < 1.29 is 13.2 Å². The van der Waals surface area contributed by atoms with Crippen molar-refractivity contribution in [3.05, 3.63) is 23.8 Å². The molecule has 0 N–H and O–H groups in total. The Morgan fingerprint density at radius 2 is 1.89 bits per heavy atom. The molecular formula is C5H4F3N. The zero-order valence-corrected chi connectivity index (χ0v) is 4.66. The number of rotatable bonds is 0. The zero-order valence-electron chi connectivity index (χ0n) is 4.66. The molecule has 0 bridgehead atoms. The van der Waals surface area contributed by atoms with Crippen LogP contribution in [0.3, 0.4) is 0 Å². The van der Waals surface area contributed by atoms with E-state index in [4.69, 9.17) is 0 Å². The van der Waals surface area contributed by atoms with E-state index >= 15 is 0 Å². The Bertz CT molecular complexity index is 206. The van der Waals surface area contributed by atoms with Crippen LogP contribution in [-0.4, -0.2) is 4.57 Å². The van der Waals surface area contributed by atoms with Crippen molar-refractivity contribution in [3.63, 3.8) is 0 Å². The Labute approximate surface area is 49.7 Å². The van der Waals surface area contributed by atoms with Gasteiger partial charge in [-0.2, -0.15) is 8.78 Å². The quantitative estimate of drug-likeness (QED) is 0.507. The van der Waals surface area contributed by atoms with Crippen molar-refractivity contribution in [2.24, 2.45) is 7.05 Å². The second-order valence-corrected chi connectivity index (χ2v) is 1.69. The van der Waals surface area contributed by atoms with Crippen LogP contribution in [0.4, 0.5) is 13.2 Å². The van der Waals surface area contributed by atoms with Gasteiger partial charge in [0, 0.05) is 13.2 Å². The minimum Gasteiger partial charge on any atom is -0.322 e. The maximum absolute atomic E-state index is 12.1. The molecule has 1 heterocycles. The molecule has 0 aromatic carbocycles. The van der Waals surface area contributed by atoms with Gasteiger partial charge in [0.2, 0.25) is 11.8 Å². The fourth-order valence-electron chi connectivity index (χ4n) is 0.537. The molecule has 1 nitrogen and oxygen atoms in total. The van der Waals surface area contributed by atoms with Crippen LogP contribution in [0.25, 0.3) is 0 Å². The predicted molar refractivity (Wildman–Crippen MR) is 25.3 cm³/mol. The van der Waals surface area contributed by atoms with E-state index in [1.54, 1.807) is 0 Å². The maximum atomic E-state index is 12.1. The lowest BCUT2D eigenvalue weighted by Gasteiger charge is -1.85. The number of nitrogens with zero attached hydrogens (tertiary/aromatic N) is 1. The number of halogens is 3. The lowest BCUT2D eigenvalue weighted by atomic mass is 10.6. The SMILES string of the molecule is Cn1cc(F)c(F)c1F. The number of hydrogen-bond donors (Lipinski definition) is 0. The normalized spacial score (nSPS) is 10.2. The van der Waals surface area contributed by atoms with Crippen LogP contribution >= 0.6 is 0 Å². The van der Waals surface area contributed by atoms with Crippen LogP contribution in [0.2, 0.25) is 0 Å². The molecule has 4 heteroatoms. The van der Waals surface area contributed by atoms with Gasteiger partial charge < -0.3 is 4.57 Å². The second-order valence-electron chi connectivity index (χ2n) is 1.69. The lowest BCUT2D eigenvalue weighted by molar-refractivity contribution is 0.437. The second kappa shape index (κ2) is 1.79. The summed E-state index contributed by atoms with van der Waals surface area (Å²) >= 11 is 0. The Balaban J connectivity index is 3.29. The topological polar surface area (TPSA) is 4.93 Å². The largest absolute Gasteiger partial charge is 0.322 e. The van der Waals surface area contributed by atoms with Gasteiger partial charge >= 0.3 is 0 Å². The smallest absolute Gasteiger partial charge is 0.232 e. The molecule has 50 valence electrons. The minimum atomic E-state index is -1.42. The molecule has 0 fully saturated rings. The highest BCUT2D eigenvalue weighted by Gasteiger charge is 2.11. The van der Waals surface area contributed by atoms with Crippen LogP contribution in [0, 0.1) is 17.6 Å². The molecule has 1 aromatic rings. The van der Waals surface area contributed by atoms with E-state index in [0.29, 0.717) is 0 Å². The highest BCUT2D eigenvalue weighted by molar-refractivity contribution is 5.00. The van der Waals surface area contributed by atoms with Gasteiger partial charge in [-0.05, 0) is 0 Å². The van der Waals surface area contributed by atoms with Gasteiger partial charge in [0.1, 0.15) is 0 Å². The number of hydrogen-bond acceptors (Lipinski definition) is 0. The Morgan fingerprint density at radius 1 is 1.33 bits per heavy atom. The van der Waals surface area contributed by atoms with Gasteiger partial charge in [-0.1, -0.05) is 0 Å². The molecule has 0 radical (unpaired) electrons. The summed E-state index contributed by atoms with van der Waals surface area (Å²) in [5, 5.41) is 0. The van der Waals surface area contributed by atoms with Gasteiger partial charge in [-0.15, -0.1) is 0 Å². The van der Waals surface area contributed by atoms with Crippen molar-refractivity contribution >= 4 is 0 Å². The fourth-order valence-corrected chi connectivity index (χ4v) is 0.537. The van der Waals surface area contributed by atoms with Gasteiger partial charge in [0.15, 0.2) is 5.82 Å². The molecule has 0 aliphatic carbocycles. The fraction of sp³-hybridized carbons (Fsp3) is 0.200. The lowest BCUT2D eigenvalue weighted by Crippen LogP contribution is -1.89. The summed E-state index contributed by atoms with van der Waals surface area (Å²) in [5.41, 5.74) is 0. The van der Waals surface area contributed by atoms with E-state index < -0.39 is 17.6 Å². The van der Waals surface area contributed by atoms with Gasteiger partial charge in [-0.3, -0.25) is 0 Å². The van der Waals surface area contributed by atoms with Crippen LogP contribution in [0.15, 0.2) is 6.20 Å². The number of aryl methyl sites for hydroxylation is 1. The van der Waals surface area contributed by atoms with Crippen molar-refractivity contribution in [2.45, 2.75) is 0 Å². The van der Waals surface area contributed by atoms with Gasteiger partial charge in [0.25, 0.3) is 0 Å². The van der Waals surface area contributed by atoms with E-state index in [1.165, 1.54) is 7.05 Å². The predicted octanol–water partition coefficient (Wildman–Crippen LogP) is 1.44. The summed E-state index contributed by atoms with van der Waals surface area (Å²) in [6, 6.07) is 0. The first-order valence-electron chi connectivity index (χ1n) is 2.28. The van der Waals surface area contributed by atoms with Crippen molar-refractivity contribution in [1.82, 2.24) is 4.57 Å². The molecule has 9 heavy (non-hydrogen) atoms. The van der Waals surface area contributed by atoms with Crippen LogP contribution in [-0.2, 0) is 7.05 Å². The average molecular weight is 135 g/mol. The van der Waals surface area contributed by atoms with Crippen LogP contribution < -0.4 is 0 Å². The van der Waals surface area contributed by atoms with Crippen molar-refractivity contribution in [2.75, 3.05) is 0 Å². The molecular weight excluding hydrogens is 131 g/mol. The molecule has 0 unspecified atom stereocenters. The first-order valence-corrected chi connectivity index (χ1v) is 2.28. The van der Waals surface area contributed by atoms with E-state index in [0.717, 1.165) is 10.8 Å². The molecule has 0 spiro atoms. The first kappa shape index (κ1) is 6.19. The summed E-state index contributed by atoms with van der Waals surface area (Å²) in [5.74, 6) is -3.75. The molecule has 0 aliphatic heterocycles. The third kappa shape index (κ3) is 0.800. The van der Waals surface area contributed by atoms with E-state index in [-0.39, 0.29) is 0 Å². The van der Waals surface area contributed by atoms with Crippen LogP contribution in [0.5, 0.6) is 0 Å². The molecule has 0 amide bonds. The highest BCUT2D eigenvalue weighted by Crippen LogP contribution is 2.09. The molecule has 1 aromatic heterocycles. The third-order valence-electron chi connectivity index (χ3n) is 1.01. The molecule has 0 aliphatic rings. The van der Waals surface area contributed by atoms with Crippen molar-refractivity contribution in [3.8, 4) is 0 Å². The van der Waals surface area contributed by atoms with Crippen molar-refractivity contribution in [1.29, 1.82) is 0 Å². The van der Waals surface area contributed by atoms with Gasteiger partial charge in [-0.25, -0.2) is 4.39 Å². The summed E-state index contributed by atoms with van der Waals surface area (Å²) in [4.78, 5) is 0. The molecule has 0 saturated carbocycles. The zero-order chi connectivity index (χ0) is 7.02. The molecule has 1 rings (SSSR count). The van der Waals surface area contributed by atoms with E-state index in [2.05, 4.69) is 0 Å². The third-order valence-corrected chi connectivity index (χ3v) is 1.01. The summed E-state index contributed by atoms with van der Waals surface area (Å²) in [6.45, 7) is 0. The summed E-state index contributed by atoms with van der Waals surface area (Å²) in [7, 11) is 1.22. The molecule has 0 atom stereocenters. The molecule has 0 saturated heterocycles. The first-order chi connectivity index (χ1) is 4.13. The van der Waals surface area contributed by atoms with E-state index in [1.807, 2.05) is 0 Å². The standard InChI is InChI=1S/C5H4F3N/c1-9-2-3(6)4(7)5(9)8/h2H,1H3. The minimum absolute atomic E-state index is 0.741. The number of aromatic nitrogens is 1. The average Bonchev–Trinajstić information content (AvgIpc) is 1.98.